The number of aryl methyl sites for hydroxylation is 1. The molecule has 0 aliphatic rings. The Morgan fingerprint density at radius 3 is 2.80 bits per heavy atom. The van der Waals surface area contributed by atoms with Crippen molar-refractivity contribution in [3.8, 4) is 0 Å². The van der Waals surface area contributed by atoms with Gasteiger partial charge in [-0.25, -0.2) is 0 Å². The third kappa shape index (κ3) is 2.66. The molecule has 1 N–H and O–H groups in total. The van der Waals surface area contributed by atoms with Crippen LogP contribution in [0.1, 0.15) is 22.8 Å². The van der Waals surface area contributed by atoms with E-state index in [9.17, 15) is 5.11 Å². The normalized spacial score (nSPS) is 12.8. The second-order valence-electron chi connectivity index (χ2n) is 5.00. The summed E-state index contributed by atoms with van der Waals surface area (Å²) in [6.45, 7) is 2.05. The zero-order valence-electron chi connectivity index (χ0n) is 11.1. The highest BCUT2D eigenvalue weighted by Gasteiger charge is 2.14. The minimum Gasteiger partial charge on any atom is -0.388 e. The number of aliphatic hydroxyl groups is 1. The summed E-state index contributed by atoms with van der Waals surface area (Å²) in [5.41, 5.74) is 3.35. The van der Waals surface area contributed by atoms with Gasteiger partial charge in [0.15, 0.2) is 0 Å². The molecule has 1 aromatic heterocycles. The summed E-state index contributed by atoms with van der Waals surface area (Å²) in [6.07, 6.45) is 0.161. The van der Waals surface area contributed by atoms with Crippen LogP contribution in [0.3, 0.4) is 0 Å². The van der Waals surface area contributed by atoms with Gasteiger partial charge >= 0.3 is 0 Å². The van der Waals surface area contributed by atoms with E-state index < -0.39 is 6.10 Å². The molecule has 0 spiro atoms. The molecule has 0 bridgehead atoms. The summed E-state index contributed by atoms with van der Waals surface area (Å²) >= 11 is 5.28. The van der Waals surface area contributed by atoms with Gasteiger partial charge in [-0.05, 0) is 46.5 Å². The second kappa shape index (κ2) is 5.68. The van der Waals surface area contributed by atoms with Gasteiger partial charge in [-0.15, -0.1) is 11.3 Å². The van der Waals surface area contributed by atoms with Gasteiger partial charge in [-0.1, -0.05) is 46.3 Å². The summed E-state index contributed by atoms with van der Waals surface area (Å²) in [6, 6.07) is 14.4. The van der Waals surface area contributed by atoms with E-state index in [4.69, 9.17) is 0 Å². The summed E-state index contributed by atoms with van der Waals surface area (Å²) in [5.74, 6) is 0. The van der Waals surface area contributed by atoms with Crippen LogP contribution in [-0.2, 0) is 6.42 Å². The summed E-state index contributed by atoms with van der Waals surface area (Å²) in [7, 11) is 0. The van der Waals surface area contributed by atoms with Crippen LogP contribution in [0.2, 0.25) is 0 Å². The Labute approximate surface area is 131 Å². The van der Waals surface area contributed by atoms with E-state index in [1.165, 1.54) is 21.2 Å². The molecule has 0 radical (unpaired) electrons. The van der Waals surface area contributed by atoms with Gasteiger partial charge in [0.25, 0.3) is 0 Å². The van der Waals surface area contributed by atoms with Crippen molar-refractivity contribution in [2.45, 2.75) is 19.4 Å². The van der Waals surface area contributed by atoms with Crippen molar-refractivity contribution in [1.29, 1.82) is 0 Å². The number of thiophene rings is 1. The van der Waals surface area contributed by atoms with Crippen molar-refractivity contribution < 1.29 is 5.11 Å². The maximum absolute atomic E-state index is 10.5. The van der Waals surface area contributed by atoms with Gasteiger partial charge < -0.3 is 5.11 Å². The Bertz CT molecular complexity index is 748. The average molecular weight is 347 g/mol. The molecule has 2 aromatic carbocycles. The molecule has 0 saturated heterocycles. The Morgan fingerprint density at radius 2 is 2.00 bits per heavy atom. The average Bonchev–Trinajstić information content (AvgIpc) is 2.82. The summed E-state index contributed by atoms with van der Waals surface area (Å²) in [5, 5.41) is 13.9. The molecule has 3 aromatic rings. The SMILES string of the molecule is Cc1ccc(C(O)Cc2csc3ccccc23)c(Br)c1. The van der Waals surface area contributed by atoms with Gasteiger partial charge in [0.2, 0.25) is 0 Å². The monoisotopic (exact) mass is 346 g/mol. The fourth-order valence-electron chi connectivity index (χ4n) is 2.41. The van der Waals surface area contributed by atoms with E-state index in [2.05, 4.69) is 39.5 Å². The fourth-order valence-corrected chi connectivity index (χ4v) is 4.14. The van der Waals surface area contributed by atoms with Crippen LogP contribution >= 0.6 is 27.3 Å². The number of hydrogen-bond donors (Lipinski definition) is 1. The molecule has 0 fully saturated rings. The predicted molar refractivity (Wildman–Crippen MR) is 89.4 cm³/mol. The van der Waals surface area contributed by atoms with Crippen LogP contribution < -0.4 is 0 Å². The largest absolute Gasteiger partial charge is 0.388 e. The van der Waals surface area contributed by atoms with Crippen LogP contribution in [-0.4, -0.2) is 5.11 Å². The Hall–Kier alpha value is -1.16. The van der Waals surface area contributed by atoms with E-state index in [1.807, 2.05) is 31.2 Å². The first-order valence-electron chi connectivity index (χ1n) is 6.54. The smallest absolute Gasteiger partial charge is 0.0841 e. The first-order valence-corrected chi connectivity index (χ1v) is 8.21. The number of aliphatic hydroxyl groups excluding tert-OH is 1. The number of rotatable bonds is 3. The summed E-state index contributed by atoms with van der Waals surface area (Å²) in [4.78, 5) is 0. The van der Waals surface area contributed by atoms with Crippen molar-refractivity contribution in [2.24, 2.45) is 0 Å². The Balaban J connectivity index is 1.90. The molecule has 3 rings (SSSR count). The lowest BCUT2D eigenvalue weighted by atomic mass is 10.0. The van der Waals surface area contributed by atoms with Gasteiger partial charge in [0.1, 0.15) is 0 Å². The molecule has 3 heteroatoms. The first kappa shape index (κ1) is 13.8. The van der Waals surface area contributed by atoms with Crippen LogP contribution in [0.4, 0.5) is 0 Å². The highest BCUT2D eigenvalue weighted by Crippen LogP contribution is 2.32. The van der Waals surface area contributed by atoms with Crippen LogP contribution in [0, 0.1) is 6.92 Å². The first-order chi connectivity index (χ1) is 9.65. The van der Waals surface area contributed by atoms with Crippen molar-refractivity contribution in [1.82, 2.24) is 0 Å². The van der Waals surface area contributed by atoms with Crippen molar-refractivity contribution in [3.05, 3.63) is 69.0 Å². The third-order valence-electron chi connectivity index (χ3n) is 3.49. The van der Waals surface area contributed by atoms with Crippen LogP contribution in [0.25, 0.3) is 10.1 Å². The molecule has 102 valence electrons. The number of fused-ring (bicyclic) bond motifs is 1. The lowest BCUT2D eigenvalue weighted by molar-refractivity contribution is 0.178. The molecular formula is C17H15BrOS. The van der Waals surface area contributed by atoms with Gasteiger partial charge in [-0.2, -0.15) is 0 Å². The molecule has 1 unspecified atom stereocenters. The fraction of sp³-hybridized carbons (Fsp3) is 0.176. The van der Waals surface area contributed by atoms with E-state index >= 15 is 0 Å². The minimum atomic E-state index is -0.483. The standard InChI is InChI=1S/C17H15BrOS/c1-11-6-7-14(15(18)8-11)16(19)9-12-10-20-17-5-3-2-4-13(12)17/h2-8,10,16,19H,9H2,1H3. The second-order valence-corrected chi connectivity index (χ2v) is 6.77. The molecule has 1 atom stereocenters. The van der Waals surface area contributed by atoms with Crippen molar-refractivity contribution >= 4 is 37.4 Å². The maximum Gasteiger partial charge on any atom is 0.0841 e. The van der Waals surface area contributed by atoms with Gasteiger partial charge in [0, 0.05) is 15.6 Å². The number of halogens is 1. The lowest BCUT2D eigenvalue weighted by Gasteiger charge is -2.13. The molecule has 20 heavy (non-hydrogen) atoms. The molecular weight excluding hydrogens is 332 g/mol. The molecule has 0 saturated carbocycles. The Kier molecular flexibility index (Phi) is 3.92. The van der Waals surface area contributed by atoms with E-state index in [0.29, 0.717) is 6.42 Å². The summed E-state index contributed by atoms with van der Waals surface area (Å²) < 4.78 is 2.25. The van der Waals surface area contributed by atoms with Crippen LogP contribution in [0.5, 0.6) is 0 Å². The highest BCUT2D eigenvalue weighted by molar-refractivity contribution is 9.10. The zero-order valence-corrected chi connectivity index (χ0v) is 13.5. The predicted octanol–water partition coefficient (Wildman–Crippen LogP) is 5.25. The molecule has 1 heterocycles. The van der Waals surface area contributed by atoms with E-state index in [0.717, 1.165) is 10.0 Å². The van der Waals surface area contributed by atoms with Gasteiger partial charge in [-0.3, -0.25) is 0 Å². The third-order valence-corrected chi connectivity index (χ3v) is 5.19. The topological polar surface area (TPSA) is 20.2 Å². The minimum absolute atomic E-state index is 0.483. The zero-order chi connectivity index (χ0) is 14.1. The number of hydrogen-bond acceptors (Lipinski definition) is 2. The molecule has 0 aliphatic carbocycles. The van der Waals surface area contributed by atoms with Gasteiger partial charge in [0.05, 0.1) is 6.10 Å². The quantitative estimate of drug-likeness (QED) is 0.686. The maximum atomic E-state index is 10.5. The highest BCUT2D eigenvalue weighted by atomic mass is 79.9. The van der Waals surface area contributed by atoms with E-state index in [1.54, 1.807) is 11.3 Å². The molecule has 1 nitrogen and oxygen atoms in total. The number of benzene rings is 2. The molecule has 0 aliphatic heterocycles. The lowest BCUT2D eigenvalue weighted by Crippen LogP contribution is -2.02. The van der Waals surface area contributed by atoms with E-state index in [-0.39, 0.29) is 0 Å². The van der Waals surface area contributed by atoms with Crippen molar-refractivity contribution in [3.63, 3.8) is 0 Å². The van der Waals surface area contributed by atoms with Crippen LogP contribution in [0.15, 0.2) is 52.3 Å². The Morgan fingerprint density at radius 1 is 1.20 bits per heavy atom. The van der Waals surface area contributed by atoms with Crippen molar-refractivity contribution in [2.75, 3.05) is 0 Å². The molecule has 0 amide bonds.